The minimum Gasteiger partial charge on any atom is -0.357 e. The smallest absolute Gasteiger partial charge is 0.191 e. The molecule has 0 amide bonds. The summed E-state index contributed by atoms with van der Waals surface area (Å²) in [6, 6.07) is 0.274. The van der Waals surface area contributed by atoms with Crippen LogP contribution >= 0.6 is 11.3 Å². The van der Waals surface area contributed by atoms with E-state index in [-0.39, 0.29) is 6.04 Å². The molecule has 1 atom stereocenters. The van der Waals surface area contributed by atoms with Crippen molar-refractivity contribution in [1.82, 2.24) is 25.4 Å². The first kappa shape index (κ1) is 21.6. The van der Waals surface area contributed by atoms with Crippen LogP contribution in [0.3, 0.4) is 0 Å². The van der Waals surface area contributed by atoms with Crippen LogP contribution in [0.15, 0.2) is 10.4 Å². The molecule has 0 aromatic carbocycles. The normalized spacial score (nSPS) is 15.8. The van der Waals surface area contributed by atoms with Gasteiger partial charge in [-0.05, 0) is 52.5 Å². The van der Waals surface area contributed by atoms with E-state index < -0.39 is 0 Å². The van der Waals surface area contributed by atoms with Crippen LogP contribution in [0.1, 0.15) is 49.3 Å². The number of rotatable bonds is 8. The van der Waals surface area contributed by atoms with Crippen molar-refractivity contribution < 1.29 is 0 Å². The largest absolute Gasteiger partial charge is 0.357 e. The number of nitrogens with one attached hydrogen (secondary N) is 2. The highest BCUT2D eigenvalue weighted by atomic mass is 32.1. The summed E-state index contributed by atoms with van der Waals surface area (Å²) in [5.41, 5.74) is 4.81. The standard InChI is InChI=1S/C21H35N7S/c1-6-22-20(24-15(2)13-19-16(3)26-27(5)17(19)4)23-10-9-18-14-29-21(25-18)28-11-7-8-12-28/h14-15H,6-13H2,1-5H3,(H2,22,23,24). The maximum Gasteiger partial charge on any atom is 0.191 e. The number of aryl methyl sites for hydroxylation is 2. The van der Waals surface area contributed by atoms with Gasteiger partial charge in [0, 0.05) is 56.8 Å². The molecule has 2 aromatic rings. The SMILES string of the molecule is CCNC(=NCCc1csc(N2CCCC2)n1)NC(C)Cc1c(C)nn(C)c1C. The number of thiazole rings is 1. The number of nitrogens with zero attached hydrogens (tertiary/aromatic N) is 5. The van der Waals surface area contributed by atoms with Crippen LogP contribution in [0.5, 0.6) is 0 Å². The summed E-state index contributed by atoms with van der Waals surface area (Å²) in [5.74, 6) is 0.870. The van der Waals surface area contributed by atoms with E-state index in [9.17, 15) is 0 Å². The molecule has 2 N–H and O–H groups in total. The Kier molecular flexibility index (Phi) is 7.52. The molecular weight excluding hydrogens is 382 g/mol. The summed E-state index contributed by atoms with van der Waals surface area (Å²) in [6.07, 6.45) is 4.37. The van der Waals surface area contributed by atoms with Crippen molar-refractivity contribution in [3.8, 4) is 0 Å². The van der Waals surface area contributed by atoms with E-state index in [1.165, 1.54) is 29.2 Å². The van der Waals surface area contributed by atoms with Crippen molar-refractivity contribution >= 4 is 22.4 Å². The van der Waals surface area contributed by atoms with Gasteiger partial charge in [-0.15, -0.1) is 11.3 Å². The van der Waals surface area contributed by atoms with Gasteiger partial charge in [-0.1, -0.05) is 0 Å². The Balaban J connectivity index is 1.53. The summed E-state index contributed by atoms with van der Waals surface area (Å²) >= 11 is 1.76. The molecule has 0 radical (unpaired) electrons. The molecule has 1 aliphatic heterocycles. The van der Waals surface area contributed by atoms with E-state index in [2.05, 4.69) is 53.7 Å². The Labute approximate surface area is 178 Å². The Morgan fingerprint density at radius 3 is 2.72 bits per heavy atom. The van der Waals surface area contributed by atoms with E-state index in [1.54, 1.807) is 11.3 Å². The number of aliphatic imine (C=N–C) groups is 1. The Morgan fingerprint density at radius 1 is 1.31 bits per heavy atom. The van der Waals surface area contributed by atoms with E-state index in [0.717, 1.165) is 56.4 Å². The van der Waals surface area contributed by atoms with Crippen molar-refractivity contribution in [1.29, 1.82) is 0 Å². The van der Waals surface area contributed by atoms with Crippen LogP contribution < -0.4 is 15.5 Å². The molecular formula is C21H35N7S. The molecule has 0 spiro atoms. The molecule has 8 heteroatoms. The first-order valence-corrected chi connectivity index (χ1v) is 11.6. The van der Waals surface area contributed by atoms with E-state index in [4.69, 9.17) is 9.98 Å². The van der Waals surface area contributed by atoms with Gasteiger partial charge in [-0.2, -0.15) is 5.10 Å². The third kappa shape index (κ3) is 5.72. The summed E-state index contributed by atoms with van der Waals surface area (Å²) in [6.45, 7) is 12.4. The van der Waals surface area contributed by atoms with Crippen molar-refractivity contribution in [2.45, 2.75) is 59.4 Å². The summed E-state index contributed by atoms with van der Waals surface area (Å²) in [5, 5.41) is 14.8. The Hall–Kier alpha value is -2.09. The fourth-order valence-electron chi connectivity index (χ4n) is 3.77. The van der Waals surface area contributed by atoms with Crippen molar-refractivity contribution in [2.24, 2.45) is 12.0 Å². The molecule has 3 heterocycles. The summed E-state index contributed by atoms with van der Waals surface area (Å²) in [4.78, 5) is 12.0. The van der Waals surface area contributed by atoms with Gasteiger partial charge in [0.05, 0.1) is 11.4 Å². The third-order valence-electron chi connectivity index (χ3n) is 5.45. The van der Waals surface area contributed by atoms with Gasteiger partial charge in [0.2, 0.25) is 0 Å². The van der Waals surface area contributed by atoms with E-state index in [1.807, 2.05) is 11.7 Å². The minimum atomic E-state index is 0.274. The second-order valence-electron chi connectivity index (χ2n) is 7.85. The fraction of sp³-hybridized carbons (Fsp3) is 0.667. The molecule has 3 rings (SSSR count). The van der Waals surface area contributed by atoms with Crippen LogP contribution in [0.25, 0.3) is 0 Å². The highest BCUT2D eigenvalue weighted by Gasteiger charge is 2.16. The van der Waals surface area contributed by atoms with Crippen LogP contribution in [-0.4, -0.2) is 52.9 Å². The van der Waals surface area contributed by atoms with Gasteiger partial charge < -0.3 is 15.5 Å². The van der Waals surface area contributed by atoms with E-state index in [0.29, 0.717) is 0 Å². The summed E-state index contributed by atoms with van der Waals surface area (Å²) in [7, 11) is 2.00. The average molecular weight is 418 g/mol. The lowest BCUT2D eigenvalue weighted by molar-refractivity contribution is 0.635. The second-order valence-corrected chi connectivity index (χ2v) is 8.69. The van der Waals surface area contributed by atoms with Gasteiger partial charge in [0.25, 0.3) is 0 Å². The van der Waals surface area contributed by atoms with Crippen LogP contribution in [-0.2, 0) is 19.9 Å². The number of aromatic nitrogens is 3. The quantitative estimate of drug-likeness (QED) is 0.511. The third-order valence-corrected chi connectivity index (χ3v) is 6.40. The van der Waals surface area contributed by atoms with Crippen LogP contribution in [0, 0.1) is 13.8 Å². The molecule has 1 saturated heterocycles. The average Bonchev–Trinajstić information content (AvgIpc) is 3.40. The number of anilines is 1. The Morgan fingerprint density at radius 2 is 2.07 bits per heavy atom. The lowest BCUT2D eigenvalue weighted by atomic mass is 10.1. The number of hydrogen-bond acceptors (Lipinski definition) is 5. The molecule has 29 heavy (non-hydrogen) atoms. The molecule has 7 nitrogen and oxygen atoms in total. The van der Waals surface area contributed by atoms with Gasteiger partial charge in [0.1, 0.15) is 0 Å². The number of guanidine groups is 1. The van der Waals surface area contributed by atoms with Gasteiger partial charge in [-0.3, -0.25) is 9.67 Å². The second kappa shape index (κ2) is 10.1. The lowest BCUT2D eigenvalue weighted by Gasteiger charge is -2.18. The van der Waals surface area contributed by atoms with Crippen molar-refractivity contribution in [3.63, 3.8) is 0 Å². The first-order chi connectivity index (χ1) is 14.0. The molecule has 160 valence electrons. The van der Waals surface area contributed by atoms with Crippen LogP contribution in [0.4, 0.5) is 5.13 Å². The molecule has 2 aromatic heterocycles. The maximum atomic E-state index is 4.80. The molecule has 0 bridgehead atoms. The van der Waals surface area contributed by atoms with Gasteiger partial charge in [0.15, 0.2) is 11.1 Å². The highest BCUT2D eigenvalue weighted by molar-refractivity contribution is 7.13. The molecule has 1 fully saturated rings. The molecule has 0 saturated carbocycles. The fourth-order valence-corrected chi connectivity index (χ4v) is 4.68. The zero-order valence-electron chi connectivity index (χ0n) is 18.5. The van der Waals surface area contributed by atoms with Crippen LogP contribution in [0.2, 0.25) is 0 Å². The molecule has 0 aliphatic carbocycles. The monoisotopic (exact) mass is 417 g/mol. The first-order valence-electron chi connectivity index (χ1n) is 10.7. The minimum absolute atomic E-state index is 0.274. The zero-order valence-corrected chi connectivity index (χ0v) is 19.3. The summed E-state index contributed by atoms with van der Waals surface area (Å²) < 4.78 is 1.96. The van der Waals surface area contributed by atoms with Gasteiger partial charge >= 0.3 is 0 Å². The van der Waals surface area contributed by atoms with Gasteiger partial charge in [-0.25, -0.2) is 4.98 Å². The van der Waals surface area contributed by atoms with Crippen molar-refractivity contribution in [2.75, 3.05) is 31.1 Å². The Bertz CT molecular complexity index is 817. The lowest BCUT2D eigenvalue weighted by Crippen LogP contribution is -2.43. The molecule has 1 aliphatic rings. The zero-order chi connectivity index (χ0) is 20.8. The molecule has 1 unspecified atom stereocenters. The van der Waals surface area contributed by atoms with Crippen molar-refractivity contribution in [3.05, 3.63) is 28.0 Å². The maximum absolute atomic E-state index is 4.80. The predicted molar refractivity (Wildman–Crippen MR) is 122 cm³/mol. The number of hydrogen-bond donors (Lipinski definition) is 2. The topological polar surface area (TPSA) is 70.4 Å². The predicted octanol–water partition coefficient (Wildman–Crippen LogP) is 2.82. The highest BCUT2D eigenvalue weighted by Crippen LogP contribution is 2.24. The van der Waals surface area contributed by atoms with E-state index >= 15 is 0 Å².